The molecule has 0 fully saturated rings. The van der Waals surface area contributed by atoms with Crippen LogP contribution in [0.4, 0.5) is 0 Å². The van der Waals surface area contributed by atoms with Gasteiger partial charge in [-0.25, -0.2) is 0 Å². The van der Waals surface area contributed by atoms with Gasteiger partial charge in [0.25, 0.3) is 0 Å². The van der Waals surface area contributed by atoms with Crippen LogP contribution in [0.2, 0.25) is 0 Å². The van der Waals surface area contributed by atoms with Crippen LogP contribution in [0.5, 0.6) is 5.75 Å². The predicted octanol–water partition coefficient (Wildman–Crippen LogP) is 4.23. The summed E-state index contributed by atoms with van der Waals surface area (Å²) in [5, 5.41) is 10.6. The summed E-state index contributed by atoms with van der Waals surface area (Å²) in [5.41, 5.74) is 2.81. The highest BCUT2D eigenvalue weighted by Gasteiger charge is 2.24. The number of ether oxygens (including phenoxy) is 1. The van der Waals surface area contributed by atoms with Crippen LogP contribution >= 0.6 is 31.9 Å². The Morgan fingerprint density at radius 1 is 1.11 bits per heavy atom. The summed E-state index contributed by atoms with van der Waals surface area (Å²) in [7, 11) is 0. The minimum atomic E-state index is -0.695. The third kappa shape index (κ3) is 2.45. The maximum atomic E-state index is 10.6. The Bertz CT molecular complexity index is 626. The number of aliphatic hydroxyl groups excluding tert-OH is 1. The Morgan fingerprint density at radius 2 is 1.89 bits per heavy atom. The van der Waals surface area contributed by atoms with Gasteiger partial charge in [0.2, 0.25) is 0 Å². The first-order chi connectivity index (χ1) is 9.16. The molecule has 1 heterocycles. The number of benzene rings is 2. The van der Waals surface area contributed by atoms with Gasteiger partial charge >= 0.3 is 0 Å². The van der Waals surface area contributed by atoms with Crippen molar-refractivity contribution in [3.63, 3.8) is 0 Å². The Hall–Kier alpha value is -0.840. The first-order valence-electron chi connectivity index (χ1n) is 6.04. The highest BCUT2D eigenvalue weighted by Crippen LogP contribution is 2.40. The minimum absolute atomic E-state index is 0.682. The third-order valence-corrected chi connectivity index (χ3v) is 4.45. The average molecular weight is 384 g/mol. The SMILES string of the molecule is OC(c1ccccc1Br)c1cc(Br)cc2c1OCC2. The first-order valence-corrected chi connectivity index (χ1v) is 7.63. The summed E-state index contributed by atoms with van der Waals surface area (Å²) in [5.74, 6) is 0.825. The van der Waals surface area contributed by atoms with Gasteiger partial charge in [0, 0.05) is 20.9 Å². The minimum Gasteiger partial charge on any atom is -0.493 e. The zero-order valence-electron chi connectivity index (χ0n) is 10.1. The summed E-state index contributed by atoms with van der Waals surface area (Å²) in [6.45, 7) is 0.682. The fourth-order valence-corrected chi connectivity index (χ4v) is 3.39. The van der Waals surface area contributed by atoms with Crippen LogP contribution in [0.15, 0.2) is 45.3 Å². The van der Waals surface area contributed by atoms with Crippen LogP contribution in [0.25, 0.3) is 0 Å². The van der Waals surface area contributed by atoms with E-state index in [0.717, 1.165) is 37.8 Å². The van der Waals surface area contributed by atoms with Gasteiger partial charge in [-0.2, -0.15) is 0 Å². The van der Waals surface area contributed by atoms with Gasteiger partial charge in [-0.15, -0.1) is 0 Å². The molecule has 1 unspecified atom stereocenters. The van der Waals surface area contributed by atoms with Gasteiger partial charge < -0.3 is 9.84 Å². The number of hydrogen-bond donors (Lipinski definition) is 1. The second-order valence-electron chi connectivity index (χ2n) is 4.51. The average Bonchev–Trinajstić information content (AvgIpc) is 2.85. The number of fused-ring (bicyclic) bond motifs is 1. The molecule has 0 saturated carbocycles. The number of hydrogen-bond acceptors (Lipinski definition) is 2. The lowest BCUT2D eigenvalue weighted by molar-refractivity contribution is 0.213. The van der Waals surface area contributed by atoms with Crippen LogP contribution in [0, 0.1) is 0 Å². The Morgan fingerprint density at radius 3 is 2.68 bits per heavy atom. The lowest BCUT2D eigenvalue weighted by Gasteiger charge is -2.17. The molecule has 1 aliphatic rings. The van der Waals surface area contributed by atoms with Crippen molar-refractivity contribution in [2.24, 2.45) is 0 Å². The van der Waals surface area contributed by atoms with Crippen LogP contribution in [0.1, 0.15) is 22.8 Å². The number of rotatable bonds is 2. The number of aliphatic hydroxyl groups is 1. The second kappa shape index (κ2) is 5.27. The van der Waals surface area contributed by atoms with E-state index in [1.807, 2.05) is 30.3 Å². The highest BCUT2D eigenvalue weighted by molar-refractivity contribution is 9.10. The molecule has 0 bridgehead atoms. The summed E-state index contributed by atoms with van der Waals surface area (Å²) in [6, 6.07) is 11.7. The lowest BCUT2D eigenvalue weighted by Crippen LogP contribution is -2.03. The summed E-state index contributed by atoms with van der Waals surface area (Å²) >= 11 is 6.98. The first kappa shape index (κ1) is 13.2. The summed E-state index contributed by atoms with van der Waals surface area (Å²) < 4.78 is 7.54. The quantitative estimate of drug-likeness (QED) is 0.840. The van der Waals surface area contributed by atoms with E-state index in [0.29, 0.717) is 6.61 Å². The molecule has 19 heavy (non-hydrogen) atoms. The molecular formula is C15H12Br2O2. The normalized spacial score (nSPS) is 14.9. The maximum absolute atomic E-state index is 10.6. The van der Waals surface area contributed by atoms with Gasteiger partial charge in [0.15, 0.2) is 0 Å². The van der Waals surface area contributed by atoms with Crippen molar-refractivity contribution >= 4 is 31.9 Å². The molecule has 98 valence electrons. The van der Waals surface area contributed by atoms with E-state index in [1.54, 1.807) is 0 Å². The molecule has 1 N–H and O–H groups in total. The molecule has 3 rings (SSSR count). The number of halogens is 2. The molecule has 0 saturated heterocycles. The Labute approximate surface area is 128 Å². The third-order valence-electron chi connectivity index (χ3n) is 3.27. The molecule has 1 atom stereocenters. The standard InChI is InChI=1S/C15H12Br2O2/c16-10-7-9-5-6-19-15(9)12(8-10)14(18)11-3-1-2-4-13(11)17/h1-4,7-8,14,18H,5-6H2. The molecular weight excluding hydrogens is 372 g/mol. The second-order valence-corrected chi connectivity index (χ2v) is 6.28. The monoisotopic (exact) mass is 382 g/mol. The lowest BCUT2D eigenvalue weighted by atomic mass is 9.98. The van der Waals surface area contributed by atoms with Gasteiger partial charge in [-0.3, -0.25) is 0 Å². The van der Waals surface area contributed by atoms with E-state index in [-0.39, 0.29) is 0 Å². The molecule has 0 spiro atoms. The van der Waals surface area contributed by atoms with Crippen molar-refractivity contribution in [3.8, 4) is 5.75 Å². The van der Waals surface area contributed by atoms with Gasteiger partial charge in [-0.1, -0.05) is 50.1 Å². The summed E-state index contributed by atoms with van der Waals surface area (Å²) in [6.07, 6.45) is 0.199. The molecule has 0 amide bonds. The van der Waals surface area contributed by atoms with E-state index in [2.05, 4.69) is 37.9 Å². The smallest absolute Gasteiger partial charge is 0.128 e. The topological polar surface area (TPSA) is 29.5 Å². The fraction of sp³-hybridized carbons (Fsp3) is 0.200. The molecule has 2 aromatic rings. The van der Waals surface area contributed by atoms with Crippen molar-refractivity contribution in [2.45, 2.75) is 12.5 Å². The van der Waals surface area contributed by atoms with Crippen molar-refractivity contribution in [1.82, 2.24) is 0 Å². The van der Waals surface area contributed by atoms with Gasteiger partial charge in [0.05, 0.1) is 6.61 Å². The molecule has 2 aromatic carbocycles. The molecule has 0 aromatic heterocycles. The molecule has 1 aliphatic heterocycles. The predicted molar refractivity (Wildman–Crippen MR) is 81.5 cm³/mol. The van der Waals surface area contributed by atoms with E-state index in [9.17, 15) is 5.11 Å². The van der Waals surface area contributed by atoms with E-state index < -0.39 is 6.10 Å². The van der Waals surface area contributed by atoms with Crippen molar-refractivity contribution in [1.29, 1.82) is 0 Å². The van der Waals surface area contributed by atoms with Gasteiger partial charge in [-0.05, 0) is 29.3 Å². The Kier molecular flexibility index (Phi) is 3.65. The zero-order valence-corrected chi connectivity index (χ0v) is 13.2. The maximum Gasteiger partial charge on any atom is 0.128 e. The van der Waals surface area contributed by atoms with E-state index in [1.165, 1.54) is 0 Å². The van der Waals surface area contributed by atoms with Crippen molar-refractivity contribution < 1.29 is 9.84 Å². The highest BCUT2D eigenvalue weighted by atomic mass is 79.9. The van der Waals surface area contributed by atoms with E-state index in [4.69, 9.17) is 4.74 Å². The van der Waals surface area contributed by atoms with Crippen LogP contribution in [0.3, 0.4) is 0 Å². The Balaban J connectivity index is 2.10. The van der Waals surface area contributed by atoms with Crippen LogP contribution in [-0.2, 0) is 6.42 Å². The van der Waals surface area contributed by atoms with Crippen molar-refractivity contribution in [3.05, 3.63) is 62.0 Å². The zero-order chi connectivity index (χ0) is 13.4. The van der Waals surface area contributed by atoms with Crippen molar-refractivity contribution in [2.75, 3.05) is 6.61 Å². The fourth-order valence-electron chi connectivity index (χ4n) is 2.37. The van der Waals surface area contributed by atoms with E-state index >= 15 is 0 Å². The van der Waals surface area contributed by atoms with Gasteiger partial charge in [0.1, 0.15) is 11.9 Å². The molecule has 2 nitrogen and oxygen atoms in total. The van der Waals surface area contributed by atoms with Crippen LogP contribution < -0.4 is 4.74 Å². The molecule has 4 heteroatoms. The largest absolute Gasteiger partial charge is 0.493 e. The molecule has 0 aliphatic carbocycles. The molecule has 0 radical (unpaired) electrons. The summed E-state index contributed by atoms with van der Waals surface area (Å²) in [4.78, 5) is 0. The van der Waals surface area contributed by atoms with Crippen LogP contribution in [-0.4, -0.2) is 11.7 Å².